The van der Waals surface area contributed by atoms with Crippen molar-refractivity contribution >= 4 is 24.3 Å². The van der Waals surface area contributed by atoms with Crippen LogP contribution in [0.4, 0.5) is 0 Å². The molecule has 2 rings (SSSR count). The molecule has 1 fully saturated rings. The number of carbonyl (C=O) groups excluding carboxylic acids is 1. The highest BCUT2D eigenvalue weighted by molar-refractivity contribution is 5.85. The number of esters is 1. The average Bonchev–Trinajstić information content (AvgIpc) is 2.42. The first kappa shape index (κ1) is 17.3. The highest BCUT2D eigenvalue weighted by Gasteiger charge is 2.22. The second-order valence-electron chi connectivity index (χ2n) is 5.31. The van der Waals surface area contributed by atoms with Crippen molar-refractivity contribution in [3.8, 4) is 5.75 Å². The fraction of sp³-hybridized carbons (Fsp3) is 0.467. The number of rotatable bonds is 3. The van der Waals surface area contributed by atoms with Crippen molar-refractivity contribution in [3.63, 3.8) is 0 Å². The highest BCUT2D eigenvalue weighted by Crippen LogP contribution is 2.21. The van der Waals surface area contributed by atoms with Gasteiger partial charge in [-0.1, -0.05) is 17.7 Å². The molecule has 21 heavy (non-hydrogen) atoms. The number of nitrogens with two attached hydrogens (primary N) is 1. The molecule has 6 heteroatoms. The van der Waals surface area contributed by atoms with Gasteiger partial charge >= 0.3 is 5.97 Å². The Morgan fingerprint density at radius 2 is 1.90 bits per heavy atom. The highest BCUT2D eigenvalue weighted by atomic mass is 35.5. The topological polar surface area (TPSA) is 79.4 Å². The minimum atomic E-state index is -0.185. The second-order valence-corrected chi connectivity index (χ2v) is 5.31. The van der Waals surface area contributed by atoms with Gasteiger partial charge in [-0.3, -0.25) is 10.2 Å². The van der Waals surface area contributed by atoms with Crippen LogP contribution < -0.4 is 10.5 Å². The third-order valence-electron chi connectivity index (χ3n) is 3.66. The minimum absolute atomic E-state index is 0. The van der Waals surface area contributed by atoms with Gasteiger partial charge in [-0.2, -0.15) is 0 Å². The number of ether oxygens (including phenoxy) is 1. The summed E-state index contributed by atoms with van der Waals surface area (Å²) >= 11 is 0. The SMILES string of the molecule is Cc1ccc(OC(=O)CC2CCN(C(=N)N)CC2)cc1.Cl. The molecule has 0 amide bonds. The van der Waals surface area contributed by atoms with E-state index < -0.39 is 0 Å². The molecule has 0 saturated carbocycles. The first-order valence-electron chi connectivity index (χ1n) is 6.91. The molecule has 0 spiro atoms. The van der Waals surface area contributed by atoms with E-state index in [0.717, 1.165) is 31.5 Å². The zero-order valence-electron chi connectivity index (χ0n) is 12.2. The van der Waals surface area contributed by atoms with E-state index in [4.69, 9.17) is 15.9 Å². The standard InChI is InChI=1S/C15H21N3O2.ClH/c1-11-2-4-13(5-3-11)20-14(19)10-12-6-8-18(9-7-12)15(16)17;/h2-5,12H,6-10H2,1H3,(H3,16,17);1H. The molecule has 1 aromatic rings. The molecule has 0 radical (unpaired) electrons. The number of aryl methyl sites for hydroxylation is 1. The summed E-state index contributed by atoms with van der Waals surface area (Å²) < 4.78 is 5.33. The molecule has 116 valence electrons. The Balaban J connectivity index is 0.00000220. The van der Waals surface area contributed by atoms with E-state index in [1.807, 2.05) is 36.1 Å². The van der Waals surface area contributed by atoms with Crippen LogP contribution in [0.15, 0.2) is 24.3 Å². The zero-order valence-corrected chi connectivity index (χ0v) is 13.0. The first-order valence-corrected chi connectivity index (χ1v) is 6.91. The number of halogens is 1. The lowest BCUT2D eigenvalue weighted by Crippen LogP contribution is -2.42. The van der Waals surface area contributed by atoms with E-state index in [1.54, 1.807) is 0 Å². The fourth-order valence-corrected chi connectivity index (χ4v) is 2.39. The van der Waals surface area contributed by atoms with Crippen LogP contribution in [0.3, 0.4) is 0 Å². The Labute approximate surface area is 131 Å². The lowest BCUT2D eigenvalue weighted by molar-refractivity contribution is -0.135. The maximum absolute atomic E-state index is 11.9. The summed E-state index contributed by atoms with van der Waals surface area (Å²) in [4.78, 5) is 13.7. The molecule has 1 aromatic carbocycles. The van der Waals surface area contributed by atoms with Gasteiger partial charge < -0.3 is 15.4 Å². The van der Waals surface area contributed by atoms with Gasteiger partial charge in [0.1, 0.15) is 5.75 Å². The Hall–Kier alpha value is -1.75. The van der Waals surface area contributed by atoms with Gasteiger partial charge in [-0.15, -0.1) is 12.4 Å². The number of likely N-dealkylation sites (tertiary alicyclic amines) is 1. The number of guanidine groups is 1. The third-order valence-corrected chi connectivity index (χ3v) is 3.66. The molecule has 0 unspecified atom stereocenters. The van der Waals surface area contributed by atoms with Crippen LogP contribution in [-0.2, 0) is 4.79 Å². The van der Waals surface area contributed by atoms with Gasteiger partial charge in [-0.05, 0) is 37.8 Å². The lowest BCUT2D eigenvalue weighted by atomic mass is 9.94. The molecular formula is C15H22ClN3O2. The van der Waals surface area contributed by atoms with E-state index in [1.165, 1.54) is 0 Å². The van der Waals surface area contributed by atoms with Crippen molar-refractivity contribution in [2.45, 2.75) is 26.2 Å². The normalized spacial score (nSPS) is 15.2. The van der Waals surface area contributed by atoms with E-state index in [-0.39, 0.29) is 24.3 Å². The quantitative estimate of drug-likeness (QED) is 0.388. The van der Waals surface area contributed by atoms with Crippen LogP contribution in [-0.4, -0.2) is 29.9 Å². The van der Waals surface area contributed by atoms with Gasteiger partial charge in [0.25, 0.3) is 0 Å². The Bertz CT molecular complexity index is 482. The van der Waals surface area contributed by atoms with Crippen LogP contribution in [0.25, 0.3) is 0 Å². The molecule has 1 aliphatic rings. The van der Waals surface area contributed by atoms with E-state index in [0.29, 0.717) is 18.1 Å². The van der Waals surface area contributed by atoms with Gasteiger partial charge in [-0.25, -0.2) is 0 Å². The minimum Gasteiger partial charge on any atom is -0.427 e. The predicted octanol–water partition coefficient (Wildman–Crippen LogP) is 2.32. The number of hydrogen-bond acceptors (Lipinski definition) is 3. The summed E-state index contributed by atoms with van der Waals surface area (Å²) in [6.45, 7) is 3.49. The largest absolute Gasteiger partial charge is 0.427 e. The number of piperidine rings is 1. The Morgan fingerprint density at radius 1 is 1.33 bits per heavy atom. The summed E-state index contributed by atoms with van der Waals surface area (Å²) in [7, 11) is 0. The molecule has 0 bridgehead atoms. The van der Waals surface area contributed by atoms with Crippen LogP contribution in [0.2, 0.25) is 0 Å². The summed E-state index contributed by atoms with van der Waals surface area (Å²) in [6, 6.07) is 7.47. The van der Waals surface area contributed by atoms with Crippen LogP contribution in [0, 0.1) is 18.3 Å². The summed E-state index contributed by atoms with van der Waals surface area (Å²) in [5.74, 6) is 0.853. The van der Waals surface area contributed by atoms with Crippen LogP contribution in [0.1, 0.15) is 24.8 Å². The predicted molar refractivity (Wildman–Crippen MR) is 84.9 cm³/mol. The number of benzene rings is 1. The third kappa shape index (κ3) is 5.27. The van der Waals surface area contributed by atoms with Crippen molar-refractivity contribution in [2.75, 3.05) is 13.1 Å². The molecule has 1 heterocycles. The van der Waals surface area contributed by atoms with Crippen LogP contribution >= 0.6 is 12.4 Å². The Kier molecular flexibility index (Phi) is 6.49. The Morgan fingerprint density at radius 3 is 2.43 bits per heavy atom. The zero-order chi connectivity index (χ0) is 14.5. The number of nitrogens with one attached hydrogen (secondary N) is 1. The molecule has 0 aliphatic carbocycles. The molecule has 0 aromatic heterocycles. The average molecular weight is 312 g/mol. The molecule has 1 saturated heterocycles. The smallest absolute Gasteiger partial charge is 0.311 e. The number of carbonyl (C=O) groups is 1. The van der Waals surface area contributed by atoms with Gasteiger partial charge in [0.2, 0.25) is 0 Å². The number of nitrogens with zero attached hydrogens (tertiary/aromatic N) is 1. The maximum Gasteiger partial charge on any atom is 0.311 e. The van der Waals surface area contributed by atoms with E-state index in [9.17, 15) is 4.79 Å². The molecule has 1 aliphatic heterocycles. The summed E-state index contributed by atoms with van der Waals surface area (Å²) in [5.41, 5.74) is 6.59. The second kappa shape index (κ2) is 7.88. The van der Waals surface area contributed by atoms with Gasteiger partial charge in [0, 0.05) is 19.5 Å². The van der Waals surface area contributed by atoms with Gasteiger partial charge in [0.05, 0.1) is 0 Å². The van der Waals surface area contributed by atoms with Crippen molar-refractivity contribution in [2.24, 2.45) is 11.7 Å². The lowest BCUT2D eigenvalue weighted by Gasteiger charge is -2.31. The van der Waals surface area contributed by atoms with Crippen molar-refractivity contribution < 1.29 is 9.53 Å². The summed E-state index contributed by atoms with van der Waals surface area (Å²) in [6.07, 6.45) is 2.19. The van der Waals surface area contributed by atoms with Gasteiger partial charge in [0.15, 0.2) is 5.96 Å². The molecule has 0 atom stereocenters. The fourth-order valence-electron chi connectivity index (χ4n) is 2.39. The molecule has 3 N–H and O–H groups in total. The van der Waals surface area contributed by atoms with Crippen molar-refractivity contribution in [3.05, 3.63) is 29.8 Å². The van der Waals surface area contributed by atoms with Crippen LogP contribution in [0.5, 0.6) is 5.75 Å². The van der Waals surface area contributed by atoms with E-state index in [2.05, 4.69) is 0 Å². The van der Waals surface area contributed by atoms with Crippen molar-refractivity contribution in [1.29, 1.82) is 5.41 Å². The first-order chi connectivity index (χ1) is 9.54. The molecular weight excluding hydrogens is 290 g/mol. The maximum atomic E-state index is 11.9. The van der Waals surface area contributed by atoms with E-state index >= 15 is 0 Å². The monoisotopic (exact) mass is 311 g/mol. The molecule has 5 nitrogen and oxygen atoms in total. The summed E-state index contributed by atoms with van der Waals surface area (Å²) in [5, 5.41) is 7.37. The number of hydrogen-bond donors (Lipinski definition) is 2. The van der Waals surface area contributed by atoms with Crippen molar-refractivity contribution in [1.82, 2.24) is 4.90 Å².